The van der Waals surface area contributed by atoms with Crippen molar-refractivity contribution in [1.82, 2.24) is 0 Å². The number of halogens is 1. The fraction of sp³-hybridized carbons (Fsp3) is 0.533. The van der Waals surface area contributed by atoms with Crippen LogP contribution in [-0.4, -0.2) is 37.0 Å². The van der Waals surface area contributed by atoms with Gasteiger partial charge in [-0.3, -0.25) is 0 Å². The molecule has 1 aliphatic rings. The number of carboxylic acids is 1. The molecule has 21 heavy (non-hydrogen) atoms. The quantitative estimate of drug-likeness (QED) is 0.807. The van der Waals surface area contributed by atoms with Crippen LogP contribution in [0.1, 0.15) is 36.5 Å². The van der Waals surface area contributed by atoms with E-state index in [2.05, 4.69) is 15.9 Å². The standard InChI is InChI=1S/C15H19BrO5/c1-2-19-13-9-10(15(17)18)8-12(16)14(13)21-7-5-11-4-3-6-20-11/h8-9,11H,2-7H2,1H3,(H,17,18). The number of carbonyl (C=O) groups is 1. The molecule has 5 nitrogen and oxygen atoms in total. The fourth-order valence-corrected chi connectivity index (χ4v) is 2.82. The molecule has 1 atom stereocenters. The van der Waals surface area contributed by atoms with Gasteiger partial charge < -0.3 is 19.3 Å². The molecule has 1 saturated heterocycles. The first-order valence-corrected chi connectivity index (χ1v) is 7.85. The Morgan fingerprint density at radius 1 is 1.48 bits per heavy atom. The van der Waals surface area contributed by atoms with Gasteiger partial charge >= 0.3 is 5.97 Å². The van der Waals surface area contributed by atoms with Crippen molar-refractivity contribution in [2.24, 2.45) is 0 Å². The molecule has 0 spiro atoms. The van der Waals surface area contributed by atoms with Crippen molar-refractivity contribution in [2.75, 3.05) is 19.8 Å². The van der Waals surface area contributed by atoms with Crippen LogP contribution in [-0.2, 0) is 4.74 Å². The van der Waals surface area contributed by atoms with E-state index in [1.165, 1.54) is 12.1 Å². The molecule has 1 N–H and O–H groups in total. The minimum absolute atomic E-state index is 0.164. The number of rotatable bonds is 7. The summed E-state index contributed by atoms with van der Waals surface area (Å²) in [6.45, 7) is 3.62. The lowest BCUT2D eigenvalue weighted by molar-refractivity contribution is 0.0696. The van der Waals surface area contributed by atoms with Gasteiger partial charge in [-0.1, -0.05) is 0 Å². The van der Waals surface area contributed by atoms with Crippen molar-refractivity contribution in [1.29, 1.82) is 0 Å². The summed E-state index contributed by atoms with van der Waals surface area (Å²) in [4.78, 5) is 11.1. The third-order valence-corrected chi connectivity index (χ3v) is 3.86. The maximum atomic E-state index is 11.1. The Morgan fingerprint density at radius 3 is 2.90 bits per heavy atom. The van der Waals surface area contributed by atoms with E-state index in [0.717, 1.165) is 25.9 Å². The second kappa shape index (κ2) is 7.66. The Kier molecular flexibility index (Phi) is 5.87. The highest BCUT2D eigenvalue weighted by Crippen LogP contribution is 2.37. The highest BCUT2D eigenvalue weighted by molar-refractivity contribution is 9.10. The first kappa shape index (κ1) is 16.1. The van der Waals surface area contributed by atoms with Gasteiger partial charge in [-0.15, -0.1) is 0 Å². The van der Waals surface area contributed by atoms with Crippen LogP contribution in [0.4, 0.5) is 0 Å². The van der Waals surface area contributed by atoms with Crippen LogP contribution in [0.15, 0.2) is 16.6 Å². The lowest BCUT2D eigenvalue weighted by Crippen LogP contribution is -2.11. The van der Waals surface area contributed by atoms with Crippen molar-refractivity contribution in [3.05, 3.63) is 22.2 Å². The topological polar surface area (TPSA) is 65.0 Å². The van der Waals surface area contributed by atoms with Gasteiger partial charge in [0.25, 0.3) is 0 Å². The molecule has 0 bridgehead atoms. The molecule has 116 valence electrons. The minimum Gasteiger partial charge on any atom is -0.490 e. The van der Waals surface area contributed by atoms with Gasteiger partial charge in [-0.2, -0.15) is 0 Å². The normalized spacial score (nSPS) is 17.7. The van der Waals surface area contributed by atoms with Crippen LogP contribution in [0.3, 0.4) is 0 Å². The molecular weight excluding hydrogens is 340 g/mol. The maximum absolute atomic E-state index is 11.1. The Balaban J connectivity index is 2.06. The molecule has 1 aromatic carbocycles. The molecule has 1 aliphatic heterocycles. The first-order chi connectivity index (χ1) is 10.1. The second-order valence-electron chi connectivity index (χ2n) is 4.80. The molecule has 2 rings (SSSR count). The summed E-state index contributed by atoms with van der Waals surface area (Å²) in [5, 5.41) is 9.08. The van der Waals surface area contributed by atoms with Gasteiger partial charge in [-0.05, 0) is 47.8 Å². The molecule has 0 aromatic heterocycles. The zero-order valence-electron chi connectivity index (χ0n) is 11.9. The molecule has 0 amide bonds. The Bertz CT molecular complexity index is 497. The van der Waals surface area contributed by atoms with Gasteiger partial charge in [0, 0.05) is 13.0 Å². The van der Waals surface area contributed by atoms with Gasteiger partial charge in [0.2, 0.25) is 0 Å². The van der Waals surface area contributed by atoms with E-state index in [4.69, 9.17) is 19.3 Å². The third kappa shape index (κ3) is 4.35. The number of carboxylic acid groups (broad SMARTS) is 1. The largest absolute Gasteiger partial charge is 0.490 e. The van der Waals surface area contributed by atoms with Crippen LogP contribution in [0.5, 0.6) is 11.5 Å². The highest BCUT2D eigenvalue weighted by atomic mass is 79.9. The van der Waals surface area contributed by atoms with E-state index in [9.17, 15) is 4.79 Å². The van der Waals surface area contributed by atoms with Crippen LogP contribution in [0, 0.1) is 0 Å². The second-order valence-corrected chi connectivity index (χ2v) is 5.65. The molecule has 1 aromatic rings. The lowest BCUT2D eigenvalue weighted by Gasteiger charge is -2.16. The van der Waals surface area contributed by atoms with Crippen LogP contribution >= 0.6 is 15.9 Å². The number of hydrogen-bond donors (Lipinski definition) is 1. The van der Waals surface area contributed by atoms with Crippen LogP contribution in [0.25, 0.3) is 0 Å². The summed E-state index contributed by atoms with van der Waals surface area (Å²) in [5.41, 5.74) is 0.164. The predicted molar refractivity (Wildman–Crippen MR) is 81.4 cm³/mol. The van der Waals surface area contributed by atoms with E-state index in [1.54, 1.807) is 0 Å². The Morgan fingerprint density at radius 2 is 2.29 bits per heavy atom. The van der Waals surface area contributed by atoms with Crippen LogP contribution in [0.2, 0.25) is 0 Å². The van der Waals surface area contributed by atoms with Crippen molar-refractivity contribution in [2.45, 2.75) is 32.3 Å². The first-order valence-electron chi connectivity index (χ1n) is 7.05. The van der Waals surface area contributed by atoms with E-state index in [-0.39, 0.29) is 11.7 Å². The van der Waals surface area contributed by atoms with E-state index >= 15 is 0 Å². The average Bonchev–Trinajstić information content (AvgIpc) is 2.94. The number of aromatic carboxylic acids is 1. The Hall–Kier alpha value is -1.27. The number of ether oxygens (including phenoxy) is 3. The lowest BCUT2D eigenvalue weighted by atomic mass is 10.2. The molecule has 6 heteroatoms. The fourth-order valence-electron chi connectivity index (χ4n) is 2.26. The van der Waals surface area contributed by atoms with Gasteiger partial charge in [-0.25, -0.2) is 4.79 Å². The van der Waals surface area contributed by atoms with Crippen molar-refractivity contribution >= 4 is 21.9 Å². The van der Waals surface area contributed by atoms with Crippen molar-refractivity contribution in [3.63, 3.8) is 0 Å². The minimum atomic E-state index is -0.998. The molecule has 0 aliphatic carbocycles. The van der Waals surface area contributed by atoms with E-state index < -0.39 is 5.97 Å². The zero-order chi connectivity index (χ0) is 15.2. The highest BCUT2D eigenvalue weighted by Gasteiger charge is 2.18. The molecule has 1 unspecified atom stereocenters. The number of hydrogen-bond acceptors (Lipinski definition) is 4. The van der Waals surface area contributed by atoms with E-state index in [0.29, 0.717) is 29.2 Å². The van der Waals surface area contributed by atoms with Crippen molar-refractivity contribution in [3.8, 4) is 11.5 Å². The monoisotopic (exact) mass is 358 g/mol. The number of benzene rings is 1. The summed E-state index contributed by atoms with van der Waals surface area (Å²) in [6, 6.07) is 3.00. The molecule has 1 heterocycles. The zero-order valence-corrected chi connectivity index (χ0v) is 13.5. The Labute approximate surface area is 132 Å². The SMILES string of the molecule is CCOc1cc(C(=O)O)cc(Br)c1OCCC1CCCO1. The average molecular weight is 359 g/mol. The third-order valence-electron chi connectivity index (χ3n) is 3.27. The van der Waals surface area contributed by atoms with Gasteiger partial charge in [0.15, 0.2) is 11.5 Å². The summed E-state index contributed by atoms with van der Waals surface area (Å²) >= 11 is 3.35. The van der Waals surface area contributed by atoms with Gasteiger partial charge in [0.1, 0.15) is 0 Å². The molecular formula is C15H19BrO5. The smallest absolute Gasteiger partial charge is 0.335 e. The summed E-state index contributed by atoms with van der Waals surface area (Å²) in [5.74, 6) is -0.0148. The molecule has 0 radical (unpaired) electrons. The predicted octanol–water partition coefficient (Wildman–Crippen LogP) is 3.49. The maximum Gasteiger partial charge on any atom is 0.335 e. The summed E-state index contributed by atoms with van der Waals surface area (Å²) < 4.78 is 17.4. The van der Waals surface area contributed by atoms with Gasteiger partial charge in [0.05, 0.1) is 29.4 Å². The van der Waals surface area contributed by atoms with Crippen LogP contribution < -0.4 is 9.47 Å². The van der Waals surface area contributed by atoms with E-state index in [1.807, 2.05) is 6.92 Å². The summed E-state index contributed by atoms with van der Waals surface area (Å²) in [7, 11) is 0. The molecule has 1 fully saturated rings. The summed E-state index contributed by atoms with van der Waals surface area (Å²) in [6.07, 6.45) is 3.25. The van der Waals surface area contributed by atoms with Crippen molar-refractivity contribution < 1.29 is 24.1 Å². The molecule has 0 saturated carbocycles.